The van der Waals surface area contributed by atoms with E-state index in [1.165, 1.54) is 6.07 Å². The van der Waals surface area contributed by atoms with E-state index in [1.54, 1.807) is 35.4 Å². The van der Waals surface area contributed by atoms with Crippen molar-refractivity contribution in [3.05, 3.63) is 94.0 Å². The van der Waals surface area contributed by atoms with Crippen molar-refractivity contribution < 1.29 is 9.18 Å². The summed E-state index contributed by atoms with van der Waals surface area (Å²) >= 11 is 11.9. The minimum atomic E-state index is -0.278. The third-order valence-electron chi connectivity index (χ3n) is 6.86. The number of nitrogens with one attached hydrogen (secondary N) is 1. The Balaban J connectivity index is 1.28. The second-order valence-electron chi connectivity index (χ2n) is 9.08. The second-order valence-corrected chi connectivity index (χ2v) is 9.90. The zero-order chi connectivity index (χ0) is 24.4. The van der Waals surface area contributed by atoms with Crippen molar-refractivity contribution >= 4 is 46.7 Å². The molecule has 2 aliphatic rings. The van der Waals surface area contributed by atoms with Gasteiger partial charge in [-0.15, -0.1) is 0 Å². The van der Waals surface area contributed by atoms with Crippen LogP contribution in [0.25, 0.3) is 6.08 Å². The third-order valence-corrected chi connectivity index (χ3v) is 7.32. The Bertz CT molecular complexity index is 1260. The monoisotopic (exact) mass is 510 g/mol. The number of rotatable bonds is 4. The van der Waals surface area contributed by atoms with Crippen molar-refractivity contribution in [3.8, 4) is 0 Å². The number of hydrogen-bond donors (Lipinski definition) is 1. The fraction of sp³-hybridized carbons (Fsp3) is 0.259. The van der Waals surface area contributed by atoms with Crippen molar-refractivity contribution in [2.45, 2.75) is 18.3 Å². The van der Waals surface area contributed by atoms with E-state index in [9.17, 15) is 9.18 Å². The van der Waals surface area contributed by atoms with Crippen LogP contribution in [0.3, 0.4) is 0 Å². The number of nitrogens with zero attached hydrogens (tertiary/aromatic N) is 3. The summed E-state index contributed by atoms with van der Waals surface area (Å²) in [6, 6.07) is 15.5. The standard InChI is InChI=1S/C27H25Cl2FN4O/c28-20-5-3-19(4-6-20)2-1-13-33-14-10-27(11-15-33)18-34(24-8-7-21(30)16-23(24)27)26(35)32-22-9-12-31-25(29)17-22/h1-9,12,16-17H,10-11,13-15,18H2,(H,31,32,35). The van der Waals surface area contributed by atoms with Gasteiger partial charge in [0.15, 0.2) is 0 Å². The Labute approximate surface area is 214 Å². The molecule has 0 saturated carbocycles. The Morgan fingerprint density at radius 3 is 2.60 bits per heavy atom. The number of fused-ring (bicyclic) bond motifs is 2. The molecule has 3 aromatic rings. The van der Waals surface area contributed by atoms with Crippen LogP contribution in [0, 0.1) is 5.82 Å². The molecule has 0 bridgehead atoms. The number of urea groups is 1. The number of anilines is 2. The SMILES string of the molecule is O=C(Nc1ccnc(Cl)c1)N1CC2(CCN(CC=Cc3ccc(Cl)cc3)CC2)c2cc(F)ccc21. The normalized spacial score (nSPS) is 17.2. The fourth-order valence-electron chi connectivity index (χ4n) is 5.00. The third kappa shape index (κ3) is 5.20. The molecule has 1 fully saturated rings. The maximum atomic E-state index is 14.3. The van der Waals surface area contributed by atoms with Gasteiger partial charge in [0.05, 0.1) is 0 Å². The summed E-state index contributed by atoms with van der Waals surface area (Å²) in [4.78, 5) is 21.3. The number of carbonyl (C=O) groups excluding carboxylic acids is 1. The van der Waals surface area contributed by atoms with Crippen molar-refractivity contribution in [3.63, 3.8) is 0 Å². The molecule has 3 heterocycles. The number of amides is 2. The maximum absolute atomic E-state index is 14.3. The van der Waals surface area contributed by atoms with Crippen LogP contribution in [0.5, 0.6) is 0 Å². The average Bonchev–Trinajstić information content (AvgIpc) is 3.15. The van der Waals surface area contributed by atoms with Crippen LogP contribution >= 0.6 is 23.2 Å². The molecule has 2 aliphatic heterocycles. The molecule has 2 amide bonds. The highest BCUT2D eigenvalue weighted by molar-refractivity contribution is 6.30. The number of halogens is 3. The largest absolute Gasteiger partial charge is 0.326 e. The summed E-state index contributed by atoms with van der Waals surface area (Å²) in [5.41, 5.74) is 3.10. The van der Waals surface area contributed by atoms with Gasteiger partial charge in [0, 0.05) is 41.1 Å². The molecular formula is C27H25Cl2FN4O. The Morgan fingerprint density at radius 2 is 1.86 bits per heavy atom. The van der Waals surface area contributed by atoms with Crippen LogP contribution < -0.4 is 10.2 Å². The van der Waals surface area contributed by atoms with Crippen LogP contribution in [0.15, 0.2) is 66.9 Å². The summed E-state index contributed by atoms with van der Waals surface area (Å²) in [5, 5.41) is 3.93. The van der Waals surface area contributed by atoms with Gasteiger partial charge in [-0.25, -0.2) is 14.2 Å². The highest BCUT2D eigenvalue weighted by Gasteiger charge is 2.46. The first kappa shape index (κ1) is 23.8. The number of pyridine rings is 1. The van der Waals surface area contributed by atoms with Gasteiger partial charge in [0.1, 0.15) is 11.0 Å². The number of aromatic nitrogens is 1. The Hall–Kier alpha value is -2.93. The topological polar surface area (TPSA) is 48.5 Å². The summed E-state index contributed by atoms with van der Waals surface area (Å²) in [5.74, 6) is -0.278. The van der Waals surface area contributed by atoms with Gasteiger partial charge in [-0.05, 0) is 79.5 Å². The smallest absolute Gasteiger partial charge is 0.307 e. The molecule has 2 aromatic carbocycles. The number of piperidine rings is 1. The van der Waals surface area contributed by atoms with Gasteiger partial charge in [0.25, 0.3) is 0 Å². The summed E-state index contributed by atoms with van der Waals surface area (Å²) in [7, 11) is 0. The highest BCUT2D eigenvalue weighted by Crippen LogP contribution is 2.47. The van der Waals surface area contributed by atoms with Crippen molar-refractivity contribution in [2.24, 2.45) is 0 Å². The predicted molar refractivity (Wildman–Crippen MR) is 140 cm³/mol. The zero-order valence-electron chi connectivity index (χ0n) is 19.1. The number of hydrogen-bond acceptors (Lipinski definition) is 3. The van der Waals surface area contributed by atoms with Gasteiger partial charge in [-0.3, -0.25) is 9.80 Å². The van der Waals surface area contributed by atoms with Gasteiger partial charge in [-0.1, -0.05) is 47.5 Å². The van der Waals surface area contributed by atoms with Crippen LogP contribution in [0.4, 0.5) is 20.6 Å². The first-order valence-corrected chi connectivity index (χ1v) is 12.3. The van der Waals surface area contributed by atoms with E-state index in [0.29, 0.717) is 17.4 Å². The lowest BCUT2D eigenvalue weighted by Gasteiger charge is -2.39. The zero-order valence-corrected chi connectivity index (χ0v) is 20.6. The van der Waals surface area contributed by atoms with Crippen molar-refractivity contribution in [2.75, 3.05) is 36.4 Å². The van der Waals surface area contributed by atoms with E-state index in [0.717, 1.165) is 54.3 Å². The molecule has 0 unspecified atom stereocenters. The Morgan fingerprint density at radius 1 is 1.09 bits per heavy atom. The average molecular weight is 511 g/mol. The molecule has 0 aliphatic carbocycles. The molecular weight excluding hydrogens is 486 g/mol. The fourth-order valence-corrected chi connectivity index (χ4v) is 5.30. The van der Waals surface area contributed by atoms with Crippen LogP contribution in [0.2, 0.25) is 10.2 Å². The molecule has 1 N–H and O–H groups in total. The van der Waals surface area contributed by atoms with Gasteiger partial charge in [0.2, 0.25) is 0 Å². The molecule has 1 saturated heterocycles. The van der Waals surface area contributed by atoms with Crippen LogP contribution in [-0.2, 0) is 5.41 Å². The highest BCUT2D eigenvalue weighted by atomic mass is 35.5. The lowest BCUT2D eigenvalue weighted by atomic mass is 9.74. The predicted octanol–water partition coefficient (Wildman–Crippen LogP) is 6.63. The molecule has 8 heteroatoms. The second kappa shape index (κ2) is 9.97. The Kier molecular flexibility index (Phi) is 6.78. The maximum Gasteiger partial charge on any atom is 0.326 e. The van der Waals surface area contributed by atoms with Gasteiger partial charge < -0.3 is 5.32 Å². The van der Waals surface area contributed by atoms with E-state index in [2.05, 4.69) is 27.4 Å². The number of likely N-dealkylation sites (tertiary alicyclic amines) is 1. The molecule has 0 radical (unpaired) electrons. The lowest BCUT2D eigenvalue weighted by molar-refractivity contribution is 0.180. The first-order valence-electron chi connectivity index (χ1n) is 11.6. The molecule has 1 spiro atoms. The molecule has 35 heavy (non-hydrogen) atoms. The summed E-state index contributed by atoms with van der Waals surface area (Å²) in [6.45, 7) is 3.10. The molecule has 5 nitrogen and oxygen atoms in total. The van der Waals surface area contributed by atoms with E-state index >= 15 is 0 Å². The molecule has 180 valence electrons. The van der Waals surface area contributed by atoms with E-state index < -0.39 is 0 Å². The summed E-state index contributed by atoms with van der Waals surface area (Å²) in [6.07, 6.45) is 7.50. The van der Waals surface area contributed by atoms with Crippen LogP contribution in [-0.4, -0.2) is 42.1 Å². The quantitative estimate of drug-likeness (QED) is 0.400. The number of carbonyl (C=O) groups is 1. The van der Waals surface area contributed by atoms with Gasteiger partial charge >= 0.3 is 6.03 Å². The minimum absolute atomic E-state index is 0.259. The van der Waals surface area contributed by atoms with Crippen molar-refractivity contribution in [1.29, 1.82) is 0 Å². The van der Waals surface area contributed by atoms with Crippen molar-refractivity contribution in [1.82, 2.24) is 9.88 Å². The van der Waals surface area contributed by atoms with Crippen LogP contribution in [0.1, 0.15) is 24.0 Å². The summed E-state index contributed by atoms with van der Waals surface area (Å²) < 4.78 is 14.3. The van der Waals surface area contributed by atoms with E-state index in [-0.39, 0.29) is 17.3 Å². The minimum Gasteiger partial charge on any atom is -0.307 e. The molecule has 5 rings (SSSR count). The van der Waals surface area contributed by atoms with E-state index in [4.69, 9.17) is 23.2 Å². The molecule has 0 atom stereocenters. The lowest BCUT2D eigenvalue weighted by Crippen LogP contribution is -2.46. The number of benzene rings is 2. The van der Waals surface area contributed by atoms with E-state index in [1.807, 2.05) is 24.3 Å². The molecule has 1 aromatic heterocycles. The van der Waals surface area contributed by atoms with Gasteiger partial charge in [-0.2, -0.15) is 0 Å². The first-order chi connectivity index (χ1) is 16.9.